The van der Waals surface area contributed by atoms with E-state index in [4.69, 9.17) is 10.0 Å². The van der Waals surface area contributed by atoms with Crippen LogP contribution in [0, 0.1) is 0 Å². The Morgan fingerprint density at radius 2 is 1.88 bits per heavy atom. The van der Waals surface area contributed by atoms with Crippen molar-refractivity contribution in [2.45, 2.75) is 6.18 Å². The summed E-state index contributed by atoms with van der Waals surface area (Å²) in [5.74, 6) is -1.18. The number of rotatable bonds is 3. The van der Waals surface area contributed by atoms with E-state index in [1.807, 2.05) is 0 Å². The first-order chi connectivity index (χ1) is 7.31. The van der Waals surface area contributed by atoms with Crippen LogP contribution in [0.25, 0.3) is 0 Å². The molecule has 0 radical (unpaired) electrons. The number of halogens is 3. The van der Waals surface area contributed by atoms with Gasteiger partial charge in [0.15, 0.2) is 18.1 Å². The van der Waals surface area contributed by atoms with Crippen LogP contribution in [-0.2, 0) is 0 Å². The molecule has 1 aromatic rings. The lowest BCUT2D eigenvalue weighted by Gasteiger charge is -2.12. The minimum absolute atomic E-state index is 0.320. The Balaban J connectivity index is 2.85. The summed E-state index contributed by atoms with van der Waals surface area (Å²) in [6.45, 7) is -1.56. The highest BCUT2D eigenvalue weighted by atomic mass is 19.4. The third kappa shape index (κ3) is 3.32. The van der Waals surface area contributed by atoms with E-state index in [-0.39, 0.29) is 5.46 Å². The van der Waals surface area contributed by atoms with Gasteiger partial charge in [0.05, 0.1) is 0 Å². The number of hydrogen-bond donors (Lipinski definition) is 3. The van der Waals surface area contributed by atoms with Crippen LogP contribution in [0.2, 0.25) is 0 Å². The first-order valence-electron chi connectivity index (χ1n) is 4.19. The van der Waals surface area contributed by atoms with Gasteiger partial charge in [-0.3, -0.25) is 0 Å². The zero-order valence-corrected chi connectivity index (χ0v) is 7.90. The molecule has 0 aromatic heterocycles. The number of ether oxygens (including phenoxy) is 1. The second kappa shape index (κ2) is 4.62. The molecule has 4 nitrogen and oxygen atoms in total. The van der Waals surface area contributed by atoms with Gasteiger partial charge >= 0.3 is 13.3 Å². The van der Waals surface area contributed by atoms with E-state index in [1.54, 1.807) is 0 Å². The Kier molecular flexibility index (Phi) is 3.66. The van der Waals surface area contributed by atoms with Gasteiger partial charge in [-0.15, -0.1) is 0 Å². The molecule has 0 aliphatic carbocycles. The molecule has 0 saturated heterocycles. The van der Waals surface area contributed by atoms with Gasteiger partial charge < -0.3 is 19.9 Å². The summed E-state index contributed by atoms with van der Waals surface area (Å²) in [6, 6.07) is 3.48. The van der Waals surface area contributed by atoms with Crippen LogP contribution in [0.1, 0.15) is 0 Å². The summed E-state index contributed by atoms with van der Waals surface area (Å²) in [7, 11) is -1.98. The van der Waals surface area contributed by atoms with Crippen molar-refractivity contribution in [1.29, 1.82) is 0 Å². The van der Waals surface area contributed by atoms with Crippen molar-refractivity contribution in [1.82, 2.24) is 0 Å². The third-order valence-corrected chi connectivity index (χ3v) is 1.70. The molecule has 1 rings (SSSR count). The molecule has 0 fully saturated rings. The number of aromatic hydroxyl groups is 1. The summed E-state index contributed by atoms with van der Waals surface area (Å²) < 4.78 is 39.8. The zero-order valence-electron chi connectivity index (χ0n) is 7.90. The van der Waals surface area contributed by atoms with Gasteiger partial charge in [0.25, 0.3) is 0 Å². The highest BCUT2D eigenvalue weighted by molar-refractivity contribution is 6.59. The summed E-state index contributed by atoms with van der Waals surface area (Å²) in [5, 5.41) is 26.9. The molecule has 0 aliphatic heterocycles. The van der Waals surface area contributed by atoms with Crippen molar-refractivity contribution in [3.63, 3.8) is 0 Å². The Hall–Kier alpha value is -1.41. The highest BCUT2D eigenvalue weighted by Gasteiger charge is 2.29. The molecule has 0 aliphatic rings. The van der Waals surface area contributed by atoms with E-state index in [1.165, 1.54) is 6.07 Å². The molecular formula is C8H8BF3O4. The fourth-order valence-electron chi connectivity index (χ4n) is 1.02. The maximum atomic E-state index is 11.8. The first kappa shape index (κ1) is 12.7. The molecule has 8 heteroatoms. The van der Waals surface area contributed by atoms with Crippen molar-refractivity contribution in [3.05, 3.63) is 18.2 Å². The summed E-state index contributed by atoms with van der Waals surface area (Å²) in [6.07, 6.45) is -4.53. The lowest BCUT2D eigenvalue weighted by atomic mass is 9.79. The minimum Gasteiger partial charge on any atom is -0.505 e. The number of benzene rings is 1. The zero-order chi connectivity index (χ0) is 12.3. The van der Waals surface area contributed by atoms with Gasteiger partial charge in [0.1, 0.15) is 0 Å². The summed E-state index contributed by atoms with van der Waals surface area (Å²) in [4.78, 5) is 0. The monoisotopic (exact) mass is 236 g/mol. The fraction of sp³-hybridized carbons (Fsp3) is 0.250. The van der Waals surface area contributed by atoms with Crippen LogP contribution in [0.4, 0.5) is 13.2 Å². The Bertz CT molecular complexity index is 367. The molecule has 0 saturated carbocycles. The van der Waals surface area contributed by atoms with Gasteiger partial charge in [-0.05, 0) is 6.07 Å². The van der Waals surface area contributed by atoms with Crippen LogP contribution in [0.15, 0.2) is 18.2 Å². The van der Waals surface area contributed by atoms with E-state index in [0.29, 0.717) is 0 Å². The van der Waals surface area contributed by atoms with E-state index in [9.17, 15) is 18.3 Å². The molecule has 0 unspecified atom stereocenters. The quantitative estimate of drug-likeness (QED) is 0.646. The average molecular weight is 236 g/mol. The SMILES string of the molecule is OB(O)c1cccc(OCC(F)(F)F)c1O. The smallest absolute Gasteiger partial charge is 0.492 e. The number of para-hydroxylation sites is 1. The predicted octanol–water partition coefficient (Wildman–Crippen LogP) is 0.0131. The maximum Gasteiger partial charge on any atom is 0.492 e. The van der Waals surface area contributed by atoms with E-state index in [0.717, 1.165) is 12.1 Å². The second-order valence-corrected chi connectivity index (χ2v) is 2.97. The Labute approximate surface area is 89.0 Å². The van der Waals surface area contributed by atoms with E-state index >= 15 is 0 Å². The topological polar surface area (TPSA) is 69.9 Å². The second-order valence-electron chi connectivity index (χ2n) is 2.97. The van der Waals surface area contributed by atoms with Crippen LogP contribution in [0.3, 0.4) is 0 Å². The van der Waals surface area contributed by atoms with Gasteiger partial charge in [-0.25, -0.2) is 0 Å². The first-order valence-corrected chi connectivity index (χ1v) is 4.19. The normalized spacial score (nSPS) is 11.3. The highest BCUT2D eigenvalue weighted by Crippen LogP contribution is 2.25. The fourth-order valence-corrected chi connectivity index (χ4v) is 1.02. The average Bonchev–Trinajstić information content (AvgIpc) is 2.14. The number of phenolic OH excluding ortho intramolecular Hbond substituents is 1. The van der Waals surface area contributed by atoms with Crippen molar-refractivity contribution >= 4 is 12.6 Å². The number of hydrogen-bond acceptors (Lipinski definition) is 4. The van der Waals surface area contributed by atoms with E-state index in [2.05, 4.69) is 4.74 Å². The van der Waals surface area contributed by atoms with Gasteiger partial charge in [-0.2, -0.15) is 13.2 Å². The predicted molar refractivity (Wildman–Crippen MR) is 49.5 cm³/mol. The van der Waals surface area contributed by atoms with Crippen molar-refractivity contribution < 1.29 is 33.1 Å². The number of phenols is 1. The molecule has 0 heterocycles. The largest absolute Gasteiger partial charge is 0.505 e. The van der Waals surface area contributed by atoms with Crippen molar-refractivity contribution in [2.24, 2.45) is 0 Å². The summed E-state index contributed by atoms with van der Waals surface area (Å²) in [5.41, 5.74) is -0.320. The molecule has 0 atom stereocenters. The van der Waals surface area contributed by atoms with Crippen LogP contribution >= 0.6 is 0 Å². The number of alkyl halides is 3. The molecule has 0 amide bonds. The van der Waals surface area contributed by atoms with Gasteiger partial charge in [0, 0.05) is 5.46 Å². The van der Waals surface area contributed by atoms with Crippen LogP contribution < -0.4 is 10.2 Å². The molecule has 16 heavy (non-hydrogen) atoms. The minimum atomic E-state index is -4.53. The van der Waals surface area contributed by atoms with Crippen LogP contribution in [0.5, 0.6) is 11.5 Å². The third-order valence-electron chi connectivity index (χ3n) is 1.70. The van der Waals surface area contributed by atoms with E-state index < -0.39 is 31.4 Å². The Morgan fingerprint density at radius 1 is 1.25 bits per heavy atom. The van der Waals surface area contributed by atoms with Crippen LogP contribution in [-0.4, -0.2) is 35.1 Å². The molecule has 0 spiro atoms. The van der Waals surface area contributed by atoms with Crippen molar-refractivity contribution in [2.75, 3.05) is 6.61 Å². The molecule has 1 aromatic carbocycles. The molecular weight excluding hydrogens is 228 g/mol. The molecule has 88 valence electrons. The Morgan fingerprint density at radius 3 is 2.38 bits per heavy atom. The lowest BCUT2D eigenvalue weighted by molar-refractivity contribution is -0.153. The lowest BCUT2D eigenvalue weighted by Crippen LogP contribution is -2.30. The van der Waals surface area contributed by atoms with Crippen molar-refractivity contribution in [3.8, 4) is 11.5 Å². The molecule has 3 N–H and O–H groups in total. The van der Waals surface area contributed by atoms with Gasteiger partial charge in [-0.1, -0.05) is 12.1 Å². The molecule has 0 bridgehead atoms. The standard InChI is InChI=1S/C8H8BF3O4/c10-8(11,12)4-16-6-3-1-2-5(7(6)13)9(14)15/h1-3,13-15H,4H2. The van der Waals surface area contributed by atoms with Gasteiger partial charge in [0.2, 0.25) is 0 Å². The maximum absolute atomic E-state index is 11.8. The summed E-state index contributed by atoms with van der Waals surface area (Å²) >= 11 is 0.